The third-order valence-corrected chi connectivity index (χ3v) is 2.28. The normalized spacial score (nSPS) is 17.8. The molecule has 0 amide bonds. The zero-order chi connectivity index (χ0) is 10.4. The Morgan fingerprint density at radius 1 is 1.50 bits per heavy atom. The summed E-state index contributed by atoms with van der Waals surface area (Å²) < 4.78 is 10.5. The topological polar surface area (TPSA) is 35.5 Å². The summed E-state index contributed by atoms with van der Waals surface area (Å²) in [5.41, 5.74) is 0.582. The van der Waals surface area contributed by atoms with Crippen LogP contribution in [-0.4, -0.2) is 25.3 Å². The van der Waals surface area contributed by atoms with Gasteiger partial charge in [0.25, 0.3) is 0 Å². The van der Waals surface area contributed by atoms with Crippen LogP contribution in [0.3, 0.4) is 0 Å². The van der Waals surface area contributed by atoms with Crippen LogP contribution in [0.25, 0.3) is 0 Å². The van der Waals surface area contributed by atoms with Gasteiger partial charge in [-0.3, -0.25) is 0 Å². The molecule has 0 aromatic rings. The van der Waals surface area contributed by atoms with Gasteiger partial charge in [0.2, 0.25) is 0 Å². The average molecular weight is 198 g/mol. The Labute approximate surface area is 85.1 Å². The highest BCUT2D eigenvalue weighted by molar-refractivity contribution is 5.87. The average Bonchev–Trinajstić information content (AvgIpc) is 2.19. The highest BCUT2D eigenvalue weighted by atomic mass is 16.6. The van der Waals surface area contributed by atoms with Gasteiger partial charge in [0, 0.05) is 18.4 Å². The van der Waals surface area contributed by atoms with Gasteiger partial charge in [-0.25, -0.2) is 4.79 Å². The molecule has 1 rings (SSSR count). The van der Waals surface area contributed by atoms with E-state index in [4.69, 9.17) is 9.47 Å². The second-order valence-electron chi connectivity index (χ2n) is 3.57. The molecule has 3 nitrogen and oxygen atoms in total. The number of carbonyl (C=O) groups excluding carboxylic acids is 1. The van der Waals surface area contributed by atoms with Crippen LogP contribution in [0.5, 0.6) is 0 Å². The van der Waals surface area contributed by atoms with Gasteiger partial charge in [-0.1, -0.05) is 19.9 Å². The van der Waals surface area contributed by atoms with E-state index in [0.717, 1.165) is 25.7 Å². The Kier molecular flexibility index (Phi) is 4.66. The fourth-order valence-corrected chi connectivity index (χ4v) is 1.43. The van der Waals surface area contributed by atoms with Crippen LogP contribution in [-0.2, 0) is 14.3 Å². The molecule has 0 aliphatic carbocycles. The molecule has 0 aromatic carbocycles. The third kappa shape index (κ3) is 3.50. The highest BCUT2D eigenvalue weighted by Gasteiger charge is 2.19. The first kappa shape index (κ1) is 11.2. The van der Waals surface area contributed by atoms with Gasteiger partial charge in [0.1, 0.15) is 6.10 Å². The molecule has 1 aliphatic rings. The summed E-state index contributed by atoms with van der Waals surface area (Å²) in [5.74, 6) is -0.237. The summed E-state index contributed by atoms with van der Waals surface area (Å²) in [7, 11) is 0. The lowest BCUT2D eigenvalue weighted by molar-refractivity contribution is -0.148. The fraction of sp³-hybridized carbons (Fsp3) is 0.727. The monoisotopic (exact) mass is 198 g/mol. The molecule has 0 spiro atoms. The van der Waals surface area contributed by atoms with Crippen molar-refractivity contribution < 1.29 is 14.3 Å². The Bertz CT molecular complexity index is 205. The van der Waals surface area contributed by atoms with Crippen molar-refractivity contribution in [3.8, 4) is 0 Å². The Morgan fingerprint density at radius 3 is 2.71 bits per heavy atom. The summed E-state index contributed by atoms with van der Waals surface area (Å²) in [6, 6.07) is 0. The second kappa shape index (κ2) is 5.81. The van der Waals surface area contributed by atoms with Gasteiger partial charge in [0.15, 0.2) is 0 Å². The van der Waals surface area contributed by atoms with E-state index < -0.39 is 0 Å². The van der Waals surface area contributed by atoms with E-state index in [9.17, 15) is 4.79 Å². The SMILES string of the molecule is C=C(CCC)C(=O)OC1CCOCC1. The van der Waals surface area contributed by atoms with Crippen LogP contribution in [0, 0.1) is 0 Å². The molecule has 1 fully saturated rings. The van der Waals surface area contributed by atoms with Crippen molar-refractivity contribution in [1.29, 1.82) is 0 Å². The van der Waals surface area contributed by atoms with Gasteiger partial charge in [-0.2, -0.15) is 0 Å². The van der Waals surface area contributed by atoms with Crippen LogP contribution in [0.1, 0.15) is 32.6 Å². The molecule has 0 radical (unpaired) electrons. The maximum atomic E-state index is 11.4. The Hall–Kier alpha value is -0.830. The van der Waals surface area contributed by atoms with Crippen molar-refractivity contribution in [2.45, 2.75) is 38.7 Å². The van der Waals surface area contributed by atoms with Crippen LogP contribution in [0.2, 0.25) is 0 Å². The lowest BCUT2D eigenvalue weighted by Crippen LogP contribution is -2.26. The lowest BCUT2D eigenvalue weighted by atomic mass is 10.1. The van der Waals surface area contributed by atoms with E-state index in [0.29, 0.717) is 18.8 Å². The van der Waals surface area contributed by atoms with E-state index in [1.165, 1.54) is 0 Å². The molecule has 1 saturated heterocycles. The van der Waals surface area contributed by atoms with Crippen molar-refractivity contribution in [3.63, 3.8) is 0 Å². The summed E-state index contributed by atoms with van der Waals surface area (Å²) in [5, 5.41) is 0. The van der Waals surface area contributed by atoms with Crippen molar-refractivity contribution in [3.05, 3.63) is 12.2 Å². The van der Waals surface area contributed by atoms with Gasteiger partial charge >= 0.3 is 5.97 Å². The minimum atomic E-state index is -0.237. The highest BCUT2D eigenvalue weighted by Crippen LogP contribution is 2.13. The molecule has 0 unspecified atom stereocenters. The van der Waals surface area contributed by atoms with E-state index in [-0.39, 0.29) is 12.1 Å². The number of carbonyl (C=O) groups is 1. The lowest BCUT2D eigenvalue weighted by Gasteiger charge is -2.22. The first-order valence-corrected chi connectivity index (χ1v) is 5.20. The molecular formula is C11H18O3. The smallest absolute Gasteiger partial charge is 0.333 e. The first-order chi connectivity index (χ1) is 6.74. The third-order valence-electron chi connectivity index (χ3n) is 2.28. The van der Waals surface area contributed by atoms with Crippen molar-refractivity contribution in [2.75, 3.05) is 13.2 Å². The number of rotatable bonds is 4. The number of ether oxygens (including phenoxy) is 2. The predicted octanol–water partition coefficient (Wildman–Crippen LogP) is 2.06. The molecule has 0 saturated carbocycles. The molecule has 14 heavy (non-hydrogen) atoms. The summed E-state index contributed by atoms with van der Waals surface area (Å²) in [4.78, 5) is 11.4. The van der Waals surface area contributed by atoms with E-state index in [1.54, 1.807) is 0 Å². The van der Waals surface area contributed by atoms with Crippen molar-refractivity contribution >= 4 is 5.97 Å². The summed E-state index contributed by atoms with van der Waals surface area (Å²) in [6.45, 7) is 7.11. The standard InChI is InChI=1S/C11H18O3/c1-3-4-9(2)11(12)14-10-5-7-13-8-6-10/h10H,2-8H2,1H3. The van der Waals surface area contributed by atoms with Crippen LogP contribution in [0.4, 0.5) is 0 Å². The zero-order valence-electron chi connectivity index (χ0n) is 8.75. The van der Waals surface area contributed by atoms with E-state index in [2.05, 4.69) is 6.58 Å². The largest absolute Gasteiger partial charge is 0.459 e. The number of hydrogen-bond donors (Lipinski definition) is 0. The van der Waals surface area contributed by atoms with Crippen molar-refractivity contribution in [2.24, 2.45) is 0 Å². The maximum Gasteiger partial charge on any atom is 0.333 e. The first-order valence-electron chi connectivity index (χ1n) is 5.20. The maximum absolute atomic E-state index is 11.4. The minimum absolute atomic E-state index is 0.0323. The minimum Gasteiger partial charge on any atom is -0.459 e. The van der Waals surface area contributed by atoms with Gasteiger partial charge in [-0.05, 0) is 6.42 Å². The van der Waals surface area contributed by atoms with Gasteiger partial charge < -0.3 is 9.47 Å². The van der Waals surface area contributed by atoms with Crippen molar-refractivity contribution in [1.82, 2.24) is 0 Å². The fourth-order valence-electron chi connectivity index (χ4n) is 1.43. The number of hydrogen-bond acceptors (Lipinski definition) is 3. The molecular weight excluding hydrogens is 180 g/mol. The van der Waals surface area contributed by atoms with Gasteiger partial charge in [0.05, 0.1) is 13.2 Å². The summed E-state index contributed by atoms with van der Waals surface area (Å²) >= 11 is 0. The van der Waals surface area contributed by atoms with E-state index in [1.807, 2.05) is 6.92 Å². The predicted molar refractivity (Wildman–Crippen MR) is 54.0 cm³/mol. The molecule has 1 heterocycles. The molecule has 80 valence electrons. The molecule has 3 heteroatoms. The molecule has 0 atom stereocenters. The van der Waals surface area contributed by atoms with Crippen LogP contribution < -0.4 is 0 Å². The molecule has 0 N–H and O–H groups in total. The Morgan fingerprint density at radius 2 is 2.14 bits per heavy atom. The number of esters is 1. The molecule has 1 aliphatic heterocycles. The van der Waals surface area contributed by atoms with Crippen LogP contribution >= 0.6 is 0 Å². The Balaban J connectivity index is 2.28. The summed E-state index contributed by atoms with van der Waals surface area (Å²) in [6.07, 6.45) is 3.31. The molecule has 0 bridgehead atoms. The van der Waals surface area contributed by atoms with E-state index >= 15 is 0 Å². The van der Waals surface area contributed by atoms with Crippen LogP contribution in [0.15, 0.2) is 12.2 Å². The second-order valence-corrected chi connectivity index (χ2v) is 3.57. The molecule has 0 aromatic heterocycles. The van der Waals surface area contributed by atoms with Gasteiger partial charge in [-0.15, -0.1) is 0 Å². The zero-order valence-corrected chi connectivity index (χ0v) is 8.75. The quantitative estimate of drug-likeness (QED) is 0.512.